The number of thiazole rings is 1. The Labute approximate surface area is 126 Å². The lowest BCUT2D eigenvalue weighted by Crippen LogP contribution is -2.29. The van der Waals surface area contributed by atoms with Gasteiger partial charge in [0, 0.05) is 24.5 Å². The third-order valence-electron chi connectivity index (χ3n) is 3.36. The van der Waals surface area contributed by atoms with Crippen molar-refractivity contribution < 1.29 is 0 Å². The molecule has 0 aromatic carbocycles. The van der Waals surface area contributed by atoms with E-state index in [0.29, 0.717) is 12.1 Å². The summed E-state index contributed by atoms with van der Waals surface area (Å²) in [4.78, 5) is 7.07. The molecular weight excluding hydrogens is 274 g/mol. The van der Waals surface area contributed by atoms with E-state index in [9.17, 15) is 0 Å². The number of thioether (sulfide) groups is 1. The van der Waals surface area contributed by atoms with Crippen LogP contribution in [0.2, 0.25) is 0 Å². The third-order valence-corrected chi connectivity index (χ3v) is 4.95. The SMILES string of the molecule is CCCNC(C)c1csc(N(C)C(C)CCSC)n1. The average Bonchev–Trinajstić information content (AvgIpc) is 2.90. The first kappa shape index (κ1) is 16.8. The fourth-order valence-electron chi connectivity index (χ4n) is 1.77. The summed E-state index contributed by atoms with van der Waals surface area (Å²) in [5.41, 5.74) is 1.16. The first-order valence-corrected chi connectivity index (χ1v) is 9.28. The van der Waals surface area contributed by atoms with Gasteiger partial charge in [-0.05, 0) is 45.2 Å². The second kappa shape index (κ2) is 8.82. The van der Waals surface area contributed by atoms with Gasteiger partial charge in [-0.15, -0.1) is 11.3 Å². The van der Waals surface area contributed by atoms with Gasteiger partial charge < -0.3 is 10.2 Å². The molecule has 1 heterocycles. The van der Waals surface area contributed by atoms with E-state index in [1.54, 1.807) is 11.3 Å². The lowest BCUT2D eigenvalue weighted by molar-refractivity contribution is 0.560. The molecule has 110 valence electrons. The average molecular weight is 302 g/mol. The van der Waals surface area contributed by atoms with Crippen LogP contribution in [0, 0.1) is 0 Å². The Morgan fingerprint density at radius 2 is 2.21 bits per heavy atom. The zero-order valence-electron chi connectivity index (χ0n) is 12.8. The summed E-state index contributed by atoms with van der Waals surface area (Å²) in [6.07, 6.45) is 4.53. The van der Waals surface area contributed by atoms with Crippen LogP contribution in [0.1, 0.15) is 45.3 Å². The van der Waals surface area contributed by atoms with Crippen molar-refractivity contribution in [1.82, 2.24) is 10.3 Å². The maximum absolute atomic E-state index is 4.77. The van der Waals surface area contributed by atoms with Crippen LogP contribution in [0.15, 0.2) is 5.38 Å². The second-order valence-electron chi connectivity index (χ2n) is 4.97. The minimum absolute atomic E-state index is 0.347. The summed E-state index contributed by atoms with van der Waals surface area (Å²) in [6, 6.07) is 0.894. The van der Waals surface area contributed by atoms with Crippen molar-refractivity contribution in [2.45, 2.75) is 45.7 Å². The van der Waals surface area contributed by atoms with Gasteiger partial charge in [-0.25, -0.2) is 4.98 Å². The molecule has 0 radical (unpaired) electrons. The quantitative estimate of drug-likeness (QED) is 0.751. The maximum Gasteiger partial charge on any atom is 0.185 e. The molecule has 0 fully saturated rings. The van der Waals surface area contributed by atoms with Gasteiger partial charge in [0.25, 0.3) is 0 Å². The monoisotopic (exact) mass is 301 g/mol. The molecule has 0 bridgehead atoms. The van der Waals surface area contributed by atoms with Gasteiger partial charge >= 0.3 is 0 Å². The fraction of sp³-hybridized carbons (Fsp3) is 0.786. The molecule has 5 heteroatoms. The van der Waals surface area contributed by atoms with Gasteiger partial charge in [-0.2, -0.15) is 11.8 Å². The number of rotatable bonds is 9. The molecule has 2 unspecified atom stereocenters. The predicted molar refractivity (Wildman–Crippen MR) is 89.7 cm³/mol. The molecule has 1 rings (SSSR count). The van der Waals surface area contributed by atoms with Crippen molar-refractivity contribution in [3.63, 3.8) is 0 Å². The summed E-state index contributed by atoms with van der Waals surface area (Å²) in [7, 11) is 2.15. The highest BCUT2D eigenvalue weighted by molar-refractivity contribution is 7.98. The van der Waals surface area contributed by atoms with Crippen LogP contribution >= 0.6 is 23.1 Å². The maximum atomic E-state index is 4.77. The normalized spacial score (nSPS) is 14.4. The summed E-state index contributed by atoms with van der Waals surface area (Å²) in [6.45, 7) is 7.70. The van der Waals surface area contributed by atoms with Crippen LogP contribution in [-0.4, -0.2) is 36.6 Å². The van der Waals surface area contributed by atoms with E-state index in [0.717, 1.165) is 23.8 Å². The molecule has 0 spiro atoms. The number of hydrogen-bond donors (Lipinski definition) is 1. The van der Waals surface area contributed by atoms with E-state index in [2.05, 4.69) is 49.7 Å². The first-order chi connectivity index (χ1) is 9.10. The molecule has 0 aliphatic rings. The van der Waals surface area contributed by atoms with Gasteiger partial charge in [-0.3, -0.25) is 0 Å². The van der Waals surface area contributed by atoms with Crippen molar-refractivity contribution in [2.75, 3.05) is 30.5 Å². The number of nitrogens with zero attached hydrogens (tertiary/aromatic N) is 2. The predicted octanol–water partition coefficient (Wildman–Crippen LogP) is 3.78. The minimum Gasteiger partial charge on any atom is -0.348 e. The highest BCUT2D eigenvalue weighted by atomic mass is 32.2. The minimum atomic E-state index is 0.347. The van der Waals surface area contributed by atoms with E-state index in [1.807, 2.05) is 11.8 Å². The zero-order chi connectivity index (χ0) is 14.3. The summed E-state index contributed by atoms with van der Waals surface area (Å²) in [5.74, 6) is 1.21. The van der Waals surface area contributed by atoms with E-state index in [-0.39, 0.29) is 0 Å². The topological polar surface area (TPSA) is 28.2 Å². The van der Waals surface area contributed by atoms with E-state index >= 15 is 0 Å². The van der Waals surface area contributed by atoms with Crippen molar-refractivity contribution >= 4 is 28.2 Å². The fourth-order valence-corrected chi connectivity index (χ4v) is 3.34. The van der Waals surface area contributed by atoms with Gasteiger partial charge in [-0.1, -0.05) is 6.92 Å². The van der Waals surface area contributed by atoms with Crippen LogP contribution in [0.25, 0.3) is 0 Å². The smallest absolute Gasteiger partial charge is 0.185 e. The number of anilines is 1. The Kier molecular flexibility index (Phi) is 7.80. The molecule has 0 saturated heterocycles. The van der Waals surface area contributed by atoms with E-state index < -0.39 is 0 Å². The van der Waals surface area contributed by atoms with Gasteiger partial charge in [0.1, 0.15) is 0 Å². The van der Waals surface area contributed by atoms with E-state index in [1.165, 1.54) is 12.2 Å². The summed E-state index contributed by atoms with van der Waals surface area (Å²) >= 11 is 3.66. The van der Waals surface area contributed by atoms with Gasteiger partial charge in [0.15, 0.2) is 5.13 Å². The Bertz CT molecular complexity index is 354. The molecule has 1 aromatic rings. The molecule has 0 saturated carbocycles. The Balaban J connectivity index is 2.57. The molecule has 2 atom stereocenters. The third kappa shape index (κ3) is 5.32. The molecular formula is C14H27N3S2. The molecule has 1 N–H and O–H groups in total. The molecule has 0 aliphatic heterocycles. The second-order valence-corrected chi connectivity index (χ2v) is 6.79. The van der Waals surface area contributed by atoms with Gasteiger partial charge in [0.2, 0.25) is 0 Å². The van der Waals surface area contributed by atoms with Crippen molar-refractivity contribution in [2.24, 2.45) is 0 Å². The Hall–Kier alpha value is -0.260. The van der Waals surface area contributed by atoms with Crippen LogP contribution in [0.3, 0.4) is 0 Å². The largest absolute Gasteiger partial charge is 0.348 e. The molecule has 3 nitrogen and oxygen atoms in total. The highest BCUT2D eigenvalue weighted by Gasteiger charge is 2.15. The lowest BCUT2D eigenvalue weighted by Gasteiger charge is -2.24. The summed E-state index contributed by atoms with van der Waals surface area (Å²) in [5, 5.41) is 6.80. The molecule has 0 amide bonds. The van der Waals surface area contributed by atoms with Crippen molar-refractivity contribution in [3.8, 4) is 0 Å². The van der Waals surface area contributed by atoms with Crippen LogP contribution < -0.4 is 10.2 Å². The van der Waals surface area contributed by atoms with Crippen molar-refractivity contribution in [1.29, 1.82) is 0 Å². The van der Waals surface area contributed by atoms with Crippen LogP contribution in [0.4, 0.5) is 5.13 Å². The highest BCUT2D eigenvalue weighted by Crippen LogP contribution is 2.25. The van der Waals surface area contributed by atoms with Crippen LogP contribution in [-0.2, 0) is 0 Å². The van der Waals surface area contributed by atoms with Crippen molar-refractivity contribution in [3.05, 3.63) is 11.1 Å². The first-order valence-electron chi connectivity index (χ1n) is 7.00. The lowest BCUT2D eigenvalue weighted by atomic mass is 10.2. The number of hydrogen-bond acceptors (Lipinski definition) is 5. The molecule has 1 aromatic heterocycles. The van der Waals surface area contributed by atoms with E-state index in [4.69, 9.17) is 4.98 Å². The standard InChI is InChI=1S/C14H27N3S2/c1-6-8-15-12(3)13-10-19-14(16-13)17(4)11(2)7-9-18-5/h10-12,15H,6-9H2,1-5H3. The number of nitrogens with one attached hydrogen (secondary N) is 1. The zero-order valence-corrected chi connectivity index (χ0v) is 14.4. The Morgan fingerprint density at radius 3 is 2.84 bits per heavy atom. The number of aromatic nitrogens is 1. The summed E-state index contributed by atoms with van der Waals surface area (Å²) < 4.78 is 0. The Morgan fingerprint density at radius 1 is 1.47 bits per heavy atom. The van der Waals surface area contributed by atoms with Crippen LogP contribution in [0.5, 0.6) is 0 Å². The van der Waals surface area contributed by atoms with Gasteiger partial charge in [0.05, 0.1) is 5.69 Å². The molecule has 0 aliphatic carbocycles. The molecule has 19 heavy (non-hydrogen) atoms.